The van der Waals surface area contributed by atoms with Gasteiger partial charge in [0.25, 0.3) is 0 Å². The number of carbonyl (C=O) groups excluding carboxylic acids is 2. The largest absolute Gasteiger partial charge is 0.341 e. The summed E-state index contributed by atoms with van der Waals surface area (Å²) in [6.07, 6.45) is 1.84. The molecule has 2 rings (SSSR count). The third-order valence-electron chi connectivity index (χ3n) is 6.26. The van der Waals surface area contributed by atoms with E-state index in [2.05, 4.69) is 46.4 Å². The molecule has 0 aliphatic carbocycles. The Morgan fingerprint density at radius 3 is 1.96 bits per heavy atom. The highest BCUT2D eigenvalue weighted by atomic mass is 16.2. The standard InChI is InChI=1S/C21H39N3O2/c1-16-11-17(2)14-24(13-16)20(26)15-22-7-9-23(10-8-22)19(25)12-18(3)21(4,5)6/h16-18H,7-15H2,1-6H3. The maximum Gasteiger partial charge on any atom is 0.236 e. The molecule has 0 N–H and O–H groups in total. The van der Waals surface area contributed by atoms with E-state index in [1.54, 1.807) is 0 Å². The van der Waals surface area contributed by atoms with E-state index in [0.29, 0.717) is 30.7 Å². The number of amides is 2. The number of likely N-dealkylation sites (tertiary alicyclic amines) is 1. The third-order valence-corrected chi connectivity index (χ3v) is 6.26. The summed E-state index contributed by atoms with van der Waals surface area (Å²) in [4.78, 5) is 31.4. The Morgan fingerprint density at radius 2 is 1.46 bits per heavy atom. The summed E-state index contributed by atoms with van der Waals surface area (Å²) in [7, 11) is 0. The molecule has 5 heteroatoms. The molecule has 0 aromatic carbocycles. The molecule has 2 heterocycles. The Labute approximate surface area is 160 Å². The molecule has 2 aliphatic rings. The van der Waals surface area contributed by atoms with Crippen LogP contribution in [0.5, 0.6) is 0 Å². The molecule has 2 saturated heterocycles. The van der Waals surface area contributed by atoms with Crippen LogP contribution < -0.4 is 0 Å². The highest BCUT2D eigenvalue weighted by Gasteiger charge is 2.29. The summed E-state index contributed by atoms with van der Waals surface area (Å²) in [5.74, 6) is 2.09. The van der Waals surface area contributed by atoms with Gasteiger partial charge in [-0.3, -0.25) is 14.5 Å². The summed E-state index contributed by atoms with van der Waals surface area (Å²) in [5.41, 5.74) is 0.159. The van der Waals surface area contributed by atoms with Crippen LogP contribution >= 0.6 is 0 Å². The van der Waals surface area contributed by atoms with Gasteiger partial charge >= 0.3 is 0 Å². The Balaban J connectivity index is 1.76. The summed E-state index contributed by atoms with van der Waals surface area (Å²) in [6, 6.07) is 0. The predicted octanol–water partition coefficient (Wildman–Crippen LogP) is 2.71. The Bertz CT molecular complexity index is 482. The molecule has 3 atom stereocenters. The van der Waals surface area contributed by atoms with Crippen molar-refractivity contribution in [2.45, 2.75) is 54.4 Å². The van der Waals surface area contributed by atoms with Crippen molar-refractivity contribution in [2.75, 3.05) is 45.8 Å². The van der Waals surface area contributed by atoms with Gasteiger partial charge in [-0.2, -0.15) is 0 Å². The lowest BCUT2D eigenvalue weighted by molar-refractivity contribution is -0.137. The highest BCUT2D eigenvalue weighted by Crippen LogP contribution is 2.28. The van der Waals surface area contributed by atoms with E-state index >= 15 is 0 Å². The van der Waals surface area contributed by atoms with Gasteiger partial charge in [0, 0.05) is 45.7 Å². The van der Waals surface area contributed by atoms with Crippen molar-refractivity contribution in [1.82, 2.24) is 14.7 Å². The second kappa shape index (κ2) is 8.73. The minimum Gasteiger partial charge on any atom is -0.341 e. The number of carbonyl (C=O) groups is 2. The lowest BCUT2D eigenvalue weighted by Gasteiger charge is -2.39. The summed E-state index contributed by atoms with van der Waals surface area (Å²) >= 11 is 0. The number of piperazine rings is 1. The predicted molar refractivity (Wildman–Crippen MR) is 106 cm³/mol. The van der Waals surface area contributed by atoms with E-state index in [-0.39, 0.29) is 17.2 Å². The highest BCUT2D eigenvalue weighted by molar-refractivity contribution is 5.79. The quantitative estimate of drug-likeness (QED) is 0.769. The summed E-state index contributed by atoms with van der Waals surface area (Å²) < 4.78 is 0. The molecule has 5 nitrogen and oxygen atoms in total. The molecule has 150 valence electrons. The van der Waals surface area contributed by atoms with Crippen LogP contribution in [0.2, 0.25) is 0 Å². The first-order chi connectivity index (χ1) is 12.1. The van der Waals surface area contributed by atoms with Crippen LogP contribution in [0.1, 0.15) is 54.4 Å². The zero-order valence-electron chi connectivity index (χ0n) is 17.8. The van der Waals surface area contributed by atoms with Crippen molar-refractivity contribution in [1.29, 1.82) is 0 Å². The SMILES string of the molecule is CC1CC(C)CN(C(=O)CN2CCN(C(=O)CC(C)C(C)(C)C)CC2)C1. The van der Waals surface area contributed by atoms with Gasteiger partial charge in [0.2, 0.25) is 11.8 Å². The lowest BCUT2D eigenvalue weighted by atomic mass is 9.80. The number of rotatable bonds is 4. The smallest absolute Gasteiger partial charge is 0.236 e. The van der Waals surface area contributed by atoms with Gasteiger partial charge in [-0.25, -0.2) is 0 Å². The van der Waals surface area contributed by atoms with Gasteiger partial charge < -0.3 is 9.80 Å². The van der Waals surface area contributed by atoms with E-state index in [4.69, 9.17) is 0 Å². The summed E-state index contributed by atoms with van der Waals surface area (Å²) in [5, 5.41) is 0. The topological polar surface area (TPSA) is 43.9 Å². The van der Waals surface area contributed by atoms with Crippen molar-refractivity contribution >= 4 is 11.8 Å². The van der Waals surface area contributed by atoms with Gasteiger partial charge in [0.05, 0.1) is 6.54 Å². The maximum absolute atomic E-state index is 12.6. The van der Waals surface area contributed by atoms with Crippen molar-refractivity contribution in [2.24, 2.45) is 23.2 Å². The molecule has 26 heavy (non-hydrogen) atoms. The molecular weight excluding hydrogens is 326 g/mol. The number of hydrogen-bond donors (Lipinski definition) is 0. The molecule has 0 spiro atoms. The van der Waals surface area contributed by atoms with Crippen LogP contribution in [-0.2, 0) is 9.59 Å². The van der Waals surface area contributed by atoms with Crippen LogP contribution in [0, 0.1) is 23.2 Å². The van der Waals surface area contributed by atoms with E-state index < -0.39 is 0 Å². The normalized spacial score (nSPS) is 26.7. The third kappa shape index (κ3) is 5.97. The average Bonchev–Trinajstić information content (AvgIpc) is 2.53. The second-order valence-corrected chi connectivity index (χ2v) is 9.87. The van der Waals surface area contributed by atoms with Crippen molar-refractivity contribution in [3.63, 3.8) is 0 Å². The Hall–Kier alpha value is -1.10. The molecule has 2 aliphatic heterocycles. The maximum atomic E-state index is 12.6. The van der Waals surface area contributed by atoms with E-state index in [0.717, 1.165) is 39.3 Å². The van der Waals surface area contributed by atoms with Gasteiger partial charge in [0.1, 0.15) is 0 Å². The zero-order chi connectivity index (χ0) is 19.5. The first-order valence-electron chi connectivity index (χ1n) is 10.3. The molecule has 2 amide bonds. The van der Waals surface area contributed by atoms with Crippen LogP contribution in [0.15, 0.2) is 0 Å². The number of nitrogens with zero attached hydrogens (tertiary/aromatic N) is 3. The van der Waals surface area contributed by atoms with Crippen LogP contribution in [-0.4, -0.2) is 72.3 Å². The van der Waals surface area contributed by atoms with Gasteiger partial charge in [-0.05, 0) is 29.6 Å². The fraction of sp³-hybridized carbons (Fsp3) is 0.905. The fourth-order valence-corrected chi connectivity index (χ4v) is 4.01. The summed E-state index contributed by atoms with van der Waals surface area (Å²) in [6.45, 7) is 18.6. The van der Waals surface area contributed by atoms with Gasteiger partial charge in [0.15, 0.2) is 0 Å². The Kier molecular flexibility index (Phi) is 7.12. The molecule has 0 aromatic rings. The van der Waals surface area contributed by atoms with Gasteiger partial charge in [-0.1, -0.05) is 41.5 Å². The average molecular weight is 366 g/mol. The van der Waals surface area contributed by atoms with E-state index in [1.165, 1.54) is 6.42 Å². The minimum absolute atomic E-state index is 0.159. The fourth-order valence-electron chi connectivity index (χ4n) is 4.01. The second-order valence-electron chi connectivity index (χ2n) is 9.87. The van der Waals surface area contributed by atoms with Crippen LogP contribution in [0.25, 0.3) is 0 Å². The first-order valence-corrected chi connectivity index (χ1v) is 10.3. The molecule has 0 aromatic heterocycles. The molecule has 2 fully saturated rings. The minimum atomic E-state index is 0.159. The molecule has 0 radical (unpaired) electrons. The van der Waals surface area contributed by atoms with Crippen molar-refractivity contribution in [3.05, 3.63) is 0 Å². The monoisotopic (exact) mass is 365 g/mol. The van der Waals surface area contributed by atoms with Crippen LogP contribution in [0.4, 0.5) is 0 Å². The lowest BCUT2D eigenvalue weighted by Crippen LogP contribution is -2.53. The zero-order valence-corrected chi connectivity index (χ0v) is 17.8. The van der Waals surface area contributed by atoms with E-state index in [9.17, 15) is 9.59 Å². The molecule has 0 bridgehead atoms. The molecule has 0 saturated carbocycles. The van der Waals surface area contributed by atoms with Crippen molar-refractivity contribution in [3.8, 4) is 0 Å². The number of piperidine rings is 1. The Morgan fingerprint density at radius 1 is 0.923 bits per heavy atom. The van der Waals surface area contributed by atoms with Crippen LogP contribution in [0.3, 0.4) is 0 Å². The number of hydrogen-bond acceptors (Lipinski definition) is 3. The van der Waals surface area contributed by atoms with E-state index in [1.807, 2.05) is 9.80 Å². The molecular formula is C21H39N3O2. The first kappa shape index (κ1) is 21.2. The van der Waals surface area contributed by atoms with Crippen molar-refractivity contribution < 1.29 is 9.59 Å². The molecule has 3 unspecified atom stereocenters. The van der Waals surface area contributed by atoms with Gasteiger partial charge in [-0.15, -0.1) is 0 Å².